The molecule has 1 heterocycles. The Labute approximate surface area is 202 Å². The molecule has 190 valence electrons. The van der Waals surface area contributed by atoms with Crippen LogP contribution in [0.1, 0.15) is 45.1 Å². The van der Waals surface area contributed by atoms with E-state index in [1.165, 1.54) is 0 Å². The van der Waals surface area contributed by atoms with E-state index in [1.807, 2.05) is 36.4 Å². The molecule has 0 saturated carbocycles. The number of unbranched alkanes of at least 4 members (excludes halogenated alkanes) is 1. The van der Waals surface area contributed by atoms with Gasteiger partial charge in [0.05, 0.1) is 32.3 Å². The van der Waals surface area contributed by atoms with Crippen LogP contribution in [-0.4, -0.2) is 56.5 Å². The summed E-state index contributed by atoms with van der Waals surface area (Å²) in [6.07, 6.45) is 5.74. The number of hydrogen-bond acceptors (Lipinski definition) is 8. The smallest absolute Gasteiger partial charge is 0.465 e. The first kappa shape index (κ1) is 28.1. The Kier molecular flexibility index (Phi) is 12.9. The predicted molar refractivity (Wildman–Crippen MR) is 127 cm³/mol. The maximum Gasteiger partial charge on any atom is 0.475 e. The highest BCUT2D eigenvalue weighted by Crippen LogP contribution is 2.49. The van der Waals surface area contributed by atoms with Crippen molar-refractivity contribution in [2.24, 2.45) is 5.92 Å². The van der Waals surface area contributed by atoms with Gasteiger partial charge in [-0.2, -0.15) is 0 Å². The van der Waals surface area contributed by atoms with Gasteiger partial charge in [-0.1, -0.05) is 42.5 Å². The lowest BCUT2D eigenvalue weighted by Gasteiger charge is -2.30. The van der Waals surface area contributed by atoms with Crippen molar-refractivity contribution in [3.05, 3.63) is 48.0 Å². The highest BCUT2D eigenvalue weighted by atomic mass is 31.2. The van der Waals surface area contributed by atoms with Gasteiger partial charge in [0.25, 0.3) is 0 Å². The lowest BCUT2D eigenvalue weighted by atomic mass is 9.97. The first-order chi connectivity index (χ1) is 16.5. The predicted octanol–water partition coefficient (Wildman–Crippen LogP) is 5.11. The van der Waals surface area contributed by atoms with Crippen LogP contribution >= 0.6 is 7.82 Å². The fourth-order valence-corrected chi connectivity index (χ4v) is 4.47. The van der Waals surface area contributed by atoms with Gasteiger partial charge in [-0.3, -0.25) is 18.4 Å². The van der Waals surface area contributed by atoms with E-state index in [0.717, 1.165) is 5.56 Å². The number of nitrogens with zero attached hydrogens (tertiary/aromatic N) is 1. The third-order valence-electron chi connectivity index (χ3n) is 5.12. The molecule has 1 aromatic carbocycles. The van der Waals surface area contributed by atoms with Crippen LogP contribution in [0.4, 0.5) is 4.79 Å². The first-order valence-corrected chi connectivity index (χ1v) is 13.2. The lowest BCUT2D eigenvalue weighted by Crippen LogP contribution is -2.40. The topological polar surface area (TPSA) is 101 Å². The molecule has 10 heteroatoms. The summed E-state index contributed by atoms with van der Waals surface area (Å²) in [6.45, 7) is 5.54. The second kappa shape index (κ2) is 15.7. The zero-order valence-electron chi connectivity index (χ0n) is 20.1. The van der Waals surface area contributed by atoms with Crippen molar-refractivity contribution >= 4 is 19.9 Å². The molecule has 0 bridgehead atoms. The number of carbonyl (C=O) groups is 2. The molecule has 34 heavy (non-hydrogen) atoms. The molecule has 0 radical (unpaired) electrons. The number of hydrogen-bond donors (Lipinski definition) is 0. The van der Waals surface area contributed by atoms with Gasteiger partial charge in [0, 0.05) is 13.1 Å². The molecule has 1 fully saturated rings. The van der Waals surface area contributed by atoms with Crippen LogP contribution in [-0.2, 0) is 39.0 Å². The zero-order chi connectivity index (χ0) is 24.7. The van der Waals surface area contributed by atoms with Crippen LogP contribution in [0.3, 0.4) is 0 Å². The van der Waals surface area contributed by atoms with Gasteiger partial charge in [-0.05, 0) is 45.1 Å². The molecule has 0 spiro atoms. The summed E-state index contributed by atoms with van der Waals surface area (Å²) in [5.74, 6) is -0.424. The van der Waals surface area contributed by atoms with Gasteiger partial charge >= 0.3 is 19.9 Å². The molecule has 1 saturated heterocycles. The highest BCUT2D eigenvalue weighted by Gasteiger charge is 2.29. The van der Waals surface area contributed by atoms with Crippen molar-refractivity contribution in [3.63, 3.8) is 0 Å². The van der Waals surface area contributed by atoms with E-state index in [0.29, 0.717) is 45.4 Å². The van der Waals surface area contributed by atoms with E-state index in [4.69, 9.17) is 23.0 Å². The van der Waals surface area contributed by atoms with Crippen LogP contribution in [0.15, 0.2) is 42.5 Å². The van der Waals surface area contributed by atoms with Crippen molar-refractivity contribution in [1.29, 1.82) is 0 Å². The Hall–Kier alpha value is -2.19. The Balaban J connectivity index is 1.55. The van der Waals surface area contributed by atoms with Gasteiger partial charge in [0.1, 0.15) is 6.61 Å². The molecule has 0 N–H and O–H groups in total. The number of allylic oxidation sites excluding steroid dienone is 1. The minimum absolute atomic E-state index is 0.115. The van der Waals surface area contributed by atoms with Gasteiger partial charge in [0.15, 0.2) is 0 Å². The molecule has 0 aliphatic carbocycles. The van der Waals surface area contributed by atoms with Crippen LogP contribution in [0.5, 0.6) is 0 Å². The van der Waals surface area contributed by atoms with Crippen molar-refractivity contribution in [1.82, 2.24) is 4.90 Å². The number of piperidine rings is 1. The summed E-state index contributed by atoms with van der Waals surface area (Å²) >= 11 is 0. The summed E-state index contributed by atoms with van der Waals surface area (Å²) in [6, 6.07) is 9.52. The van der Waals surface area contributed by atoms with E-state index in [1.54, 1.807) is 24.8 Å². The number of ether oxygens (including phenoxy) is 2. The van der Waals surface area contributed by atoms with E-state index < -0.39 is 7.82 Å². The maximum atomic E-state index is 12.3. The van der Waals surface area contributed by atoms with Crippen molar-refractivity contribution in [2.75, 3.05) is 39.5 Å². The van der Waals surface area contributed by atoms with Crippen LogP contribution < -0.4 is 0 Å². The van der Waals surface area contributed by atoms with Crippen LogP contribution in [0, 0.1) is 5.92 Å². The molecule has 1 amide bonds. The summed E-state index contributed by atoms with van der Waals surface area (Å²) in [4.78, 5) is 26.2. The maximum absolute atomic E-state index is 12.3. The number of esters is 1. The van der Waals surface area contributed by atoms with Crippen molar-refractivity contribution in [2.45, 2.75) is 46.1 Å². The average molecular weight is 498 g/mol. The summed E-state index contributed by atoms with van der Waals surface area (Å²) in [7, 11) is -3.49. The number of benzene rings is 1. The van der Waals surface area contributed by atoms with Gasteiger partial charge in [0.2, 0.25) is 0 Å². The van der Waals surface area contributed by atoms with Gasteiger partial charge in [-0.15, -0.1) is 0 Å². The minimum atomic E-state index is -3.49. The SMILES string of the molecule is CCOP(=O)(OCC)OC/C=C\CCCOC(=O)C1CCN(C(=O)OCc2ccccc2)CC1. The number of carbonyl (C=O) groups excluding carboxylic acids is 2. The summed E-state index contributed by atoms with van der Waals surface area (Å²) in [5, 5.41) is 0. The van der Waals surface area contributed by atoms with Crippen LogP contribution in [0.2, 0.25) is 0 Å². The number of rotatable bonds is 14. The number of phosphoric acid groups is 1. The number of phosphoric ester groups is 1. The van der Waals surface area contributed by atoms with E-state index in [-0.39, 0.29) is 44.4 Å². The van der Waals surface area contributed by atoms with Crippen molar-refractivity contribution < 1.29 is 37.2 Å². The second-order valence-electron chi connectivity index (χ2n) is 7.66. The molecule has 1 aliphatic rings. The Morgan fingerprint density at radius 3 is 2.32 bits per heavy atom. The molecule has 0 atom stereocenters. The highest BCUT2D eigenvalue weighted by molar-refractivity contribution is 7.48. The lowest BCUT2D eigenvalue weighted by molar-refractivity contribution is -0.150. The third kappa shape index (κ3) is 10.4. The minimum Gasteiger partial charge on any atom is -0.465 e. The van der Waals surface area contributed by atoms with Gasteiger partial charge in [-0.25, -0.2) is 9.36 Å². The van der Waals surface area contributed by atoms with Gasteiger partial charge < -0.3 is 14.4 Å². The molecular formula is C24H36NO8P. The molecule has 1 aromatic rings. The summed E-state index contributed by atoms with van der Waals surface area (Å²) < 4.78 is 38.2. The third-order valence-corrected chi connectivity index (χ3v) is 6.74. The number of likely N-dealkylation sites (tertiary alicyclic amines) is 1. The summed E-state index contributed by atoms with van der Waals surface area (Å²) in [5.41, 5.74) is 0.938. The van der Waals surface area contributed by atoms with E-state index in [2.05, 4.69) is 0 Å². The second-order valence-corrected chi connectivity index (χ2v) is 9.33. The molecule has 1 aliphatic heterocycles. The van der Waals surface area contributed by atoms with E-state index >= 15 is 0 Å². The normalized spacial score (nSPS) is 14.9. The quantitative estimate of drug-likeness (QED) is 0.151. The Morgan fingerprint density at radius 2 is 1.68 bits per heavy atom. The average Bonchev–Trinajstić information content (AvgIpc) is 2.85. The largest absolute Gasteiger partial charge is 0.475 e. The standard InChI is InChI=1S/C24H36NO8P/c1-3-31-34(28,32-4-2)33-19-11-6-5-10-18-29-23(26)22-14-16-25(17-15-22)24(27)30-20-21-12-8-7-9-13-21/h6-9,11-13,22H,3-5,10,14-20H2,1-2H3/b11-6-. The zero-order valence-corrected chi connectivity index (χ0v) is 21.0. The monoisotopic (exact) mass is 497 g/mol. The van der Waals surface area contributed by atoms with E-state index in [9.17, 15) is 14.2 Å². The first-order valence-electron chi connectivity index (χ1n) is 11.8. The molecule has 2 rings (SSSR count). The fraction of sp³-hybridized carbons (Fsp3) is 0.583. The van der Waals surface area contributed by atoms with Crippen molar-refractivity contribution in [3.8, 4) is 0 Å². The molecule has 0 unspecified atom stereocenters. The Morgan fingerprint density at radius 1 is 1.00 bits per heavy atom. The number of amides is 1. The molecule has 9 nitrogen and oxygen atoms in total. The fourth-order valence-electron chi connectivity index (χ4n) is 3.35. The van der Waals surface area contributed by atoms with Crippen LogP contribution in [0.25, 0.3) is 0 Å². The molecular weight excluding hydrogens is 461 g/mol. The Bertz CT molecular complexity index is 798. The molecule has 0 aromatic heterocycles.